The molecule has 0 saturated heterocycles. The summed E-state index contributed by atoms with van der Waals surface area (Å²) >= 11 is 3.41. The number of hydrogen-bond donors (Lipinski definition) is 0. The smallest absolute Gasteiger partial charge is 0.251 e. The van der Waals surface area contributed by atoms with Gasteiger partial charge in [0.25, 0.3) is 5.78 Å². The van der Waals surface area contributed by atoms with Gasteiger partial charge in [-0.25, -0.2) is 9.67 Å². The second kappa shape index (κ2) is 8.70. The SMILES string of the molecule is COc1ccc(Cn2nnnc2C(=O)c2cn(CCCCBr)cn2)cc1. The molecule has 0 spiro atoms. The Kier molecular flexibility index (Phi) is 6.11. The Morgan fingerprint density at radius 2 is 2.04 bits per heavy atom. The molecule has 0 saturated carbocycles. The Morgan fingerprint density at radius 3 is 2.77 bits per heavy atom. The van der Waals surface area contributed by atoms with E-state index >= 15 is 0 Å². The number of nitrogens with zero attached hydrogens (tertiary/aromatic N) is 6. The average molecular weight is 419 g/mol. The number of ether oxygens (including phenoxy) is 1. The van der Waals surface area contributed by atoms with Gasteiger partial charge in [-0.15, -0.1) is 5.10 Å². The zero-order valence-corrected chi connectivity index (χ0v) is 16.0. The van der Waals surface area contributed by atoms with Crippen LogP contribution in [0.1, 0.15) is 34.7 Å². The van der Waals surface area contributed by atoms with Crippen molar-refractivity contribution in [3.63, 3.8) is 0 Å². The van der Waals surface area contributed by atoms with Crippen molar-refractivity contribution < 1.29 is 9.53 Å². The summed E-state index contributed by atoms with van der Waals surface area (Å²) in [5.41, 5.74) is 1.31. The first kappa shape index (κ1) is 18.2. The number of benzene rings is 1. The summed E-state index contributed by atoms with van der Waals surface area (Å²) in [6.07, 6.45) is 5.49. The molecule has 26 heavy (non-hydrogen) atoms. The van der Waals surface area contributed by atoms with E-state index in [4.69, 9.17) is 4.74 Å². The zero-order valence-electron chi connectivity index (χ0n) is 14.4. The second-order valence-corrected chi connectivity index (χ2v) is 6.52. The third kappa shape index (κ3) is 4.34. The molecule has 3 aromatic rings. The number of carbonyl (C=O) groups is 1. The first-order valence-corrected chi connectivity index (χ1v) is 9.35. The van der Waals surface area contributed by atoms with Crippen LogP contribution in [0.4, 0.5) is 0 Å². The number of ketones is 1. The Balaban J connectivity index is 1.71. The molecule has 8 nitrogen and oxygen atoms in total. The maximum absolute atomic E-state index is 12.7. The van der Waals surface area contributed by atoms with Gasteiger partial charge in [0.1, 0.15) is 11.4 Å². The highest BCUT2D eigenvalue weighted by Gasteiger charge is 2.20. The maximum Gasteiger partial charge on any atom is 0.251 e. The first-order chi connectivity index (χ1) is 12.7. The van der Waals surface area contributed by atoms with Crippen LogP contribution in [0.25, 0.3) is 0 Å². The van der Waals surface area contributed by atoms with Crippen molar-refractivity contribution in [3.05, 3.63) is 53.9 Å². The lowest BCUT2D eigenvalue weighted by Gasteiger charge is -2.05. The molecule has 2 aromatic heterocycles. The quantitative estimate of drug-likeness (QED) is 0.301. The lowest BCUT2D eigenvalue weighted by molar-refractivity contribution is 0.102. The number of hydrogen-bond acceptors (Lipinski definition) is 6. The highest BCUT2D eigenvalue weighted by molar-refractivity contribution is 9.09. The second-order valence-electron chi connectivity index (χ2n) is 5.73. The van der Waals surface area contributed by atoms with Crippen LogP contribution >= 0.6 is 15.9 Å². The molecule has 0 N–H and O–H groups in total. The minimum atomic E-state index is -0.289. The summed E-state index contributed by atoms with van der Waals surface area (Å²) in [7, 11) is 1.62. The number of methoxy groups -OCH3 is 1. The highest BCUT2D eigenvalue weighted by atomic mass is 79.9. The van der Waals surface area contributed by atoms with Crippen molar-refractivity contribution >= 4 is 21.7 Å². The number of tetrazole rings is 1. The third-order valence-electron chi connectivity index (χ3n) is 3.89. The molecule has 0 atom stereocenters. The average Bonchev–Trinajstić information content (AvgIpc) is 3.32. The molecule has 0 amide bonds. The summed E-state index contributed by atoms with van der Waals surface area (Å²) in [5, 5.41) is 12.4. The molecule has 0 unspecified atom stereocenters. The van der Waals surface area contributed by atoms with Crippen LogP contribution in [0.3, 0.4) is 0 Å². The van der Waals surface area contributed by atoms with Gasteiger partial charge in [0, 0.05) is 18.1 Å². The molecule has 3 rings (SSSR count). The molecule has 9 heteroatoms. The van der Waals surface area contributed by atoms with Crippen molar-refractivity contribution in [2.45, 2.75) is 25.9 Å². The number of alkyl halides is 1. The van der Waals surface area contributed by atoms with E-state index in [1.54, 1.807) is 19.6 Å². The third-order valence-corrected chi connectivity index (χ3v) is 4.45. The topological polar surface area (TPSA) is 87.7 Å². The number of aromatic nitrogens is 6. The summed E-state index contributed by atoms with van der Waals surface area (Å²) in [6.45, 7) is 1.21. The van der Waals surface area contributed by atoms with E-state index in [0.29, 0.717) is 12.2 Å². The number of carbonyl (C=O) groups excluding carboxylic acids is 1. The van der Waals surface area contributed by atoms with Crippen molar-refractivity contribution in [1.29, 1.82) is 0 Å². The van der Waals surface area contributed by atoms with Crippen LogP contribution in [0.5, 0.6) is 5.75 Å². The predicted molar refractivity (Wildman–Crippen MR) is 98.6 cm³/mol. The lowest BCUT2D eigenvalue weighted by Crippen LogP contribution is -2.14. The van der Waals surface area contributed by atoms with Gasteiger partial charge in [-0.1, -0.05) is 28.1 Å². The fourth-order valence-corrected chi connectivity index (χ4v) is 2.88. The molecule has 0 aliphatic carbocycles. The molecule has 0 aliphatic rings. The van der Waals surface area contributed by atoms with Crippen LogP contribution in [0.2, 0.25) is 0 Å². The Labute approximate surface area is 159 Å². The number of imidazole rings is 1. The molecular formula is C17H19BrN6O2. The molecule has 0 radical (unpaired) electrons. The number of rotatable bonds is 9. The fraction of sp³-hybridized carbons (Fsp3) is 0.353. The van der Waals surface area contributed by atoms with E-state index in [-0.39, 0.29) is 11.6 Å². The Bertz CT molecular complexity index is 858. The van der Waals surface area contributed by atoms with E-state index in [2.05, 4.69) is 36.4 Å². The van der Waals surface area contributed by atoms with Gasteiger partial charge in [0.2, 0.25) is 5.82 Å². The van der Waals surface area contributed by atoms with E-state index in [0.717, 1.165) is 36.0 Å². The monoisotopic (exact) mass is 418 g/mol. The van der Waals surface area contributed by atoms with Crippen molar-refractivity contribution in [2.24, 2.45) is 0 Å². The summed E-state index contributed by atoms with van der Waals surface area (Å²) in [6, 6.07) is 7.53. The van der Waals surface area contributed by atoms with Crippen LogP contribution in [0.15, 0.2) is 36.8 Å². The zero-order chi connectivity index (χ0) is 18.4. The molecule has 0 aliphatic heterocycles. The molecule has 2 heterocycles. The summed E-state index contributed by atoms with van der Waals surface area (Å²) in [4.78, 5) is 16.9. The van der Waals surface area contributed by atoms with Crippen molar-refractivity contribution in [2.75, 3.05) is 12.4 Å². The van der Waals surface area contributed by atoms with Crippen LogP contribution in [-0.2, 0) is 13.1 Å². The van der Waals surface area contributed by atoms with Gasteiger partial charge in [-0.05, 0) is 41.0 Å². The fourth-order valence-electron chi connectivity index (χ4n) is 2.48. The van der Waals surface area contributed by atoms with Gasteiger partial charge in [0.05, 0.1) is 20.0 Å². The van der Waals surface area contributed by atoms with Gasteiger partial charge in [0.15, 0.2) is 0 Å². The highest BCUT2D eigenvalue weighted by Crippen LogP contribution is 2.13. The number of unbranched alkanes of at least 4 members (excludes halogenated alkanes) is 1. The van der Waals surface area contributed by atoms with Crippen LogP contribution < -0.4 is 4.74 Å². The standard InChI is InChI=1S/C17H19BrN6O2/c1-26-14-6-4-13(5-7-14)10-24-17(20-21-22-24)16(25)15-11-23(12-19-15)9-3-2-8-18/h4-7,11-12H,2-3,8-10H2,1H3. The number of halogens is 1. The van der Waals surface area contributed by atoms with Crippen molar-refractivity contribution in [3.8, 4) is 5.75 Å². The Hall–Kier alpha value is -2.55. The molecular weight excluding hydrogens is 400 g/mol. The number of aryl methyl sites for hydroxylation is 1. The summed E-state index contributed by atoms with van der Waals surface area (Å²) < 4.78 is 8.54. The lowest BCUT2D eigenvalue weighted by atomic mass is 10.2. The van der Waals surface area contributed by atoms with E-state index in [9.17, 15) is 4.79 Å². The van der Waals surface area contributed by atoms with Crippen molar-refractivity contribution in [1.82, 2.24) is 29.8 Å². The first-order valence-electron chi connectivity index (χ1n) is 8.23. The Morgan fingerprint density at radius 1 is 1.23 bits per heavy atom. The molecule has 0 fully saturated rings. The molecule has 1 aromatic carbocycles. The van der Waals surface area contributed by atoms with Gasteiger partial charge in [-0.2, -0.15) is 0 Å². The summed E-state index contributed by atoms with van der Waals surface area (Å²) in [5.74, 6) is 0.654. The van der Waals surface area contributed by atoms with E-state index < -0.39 is 0 Å². The maximum atomic E-state index is 12.7. The van der Waals surface area contributed by atoms with Crippen LogP contribution in [0, 0.1) is 0 Å². The van der Waals surface area contributed by atoms with Gasteiger partial charge in [-0.3, -0.25) is 4.79 Å². The normalized spacial score (nSPS) is 10.8. The minimum Gasteiger partial charge on any atom is -0.497 e. The largest absolute Gasteiger partial charge is 0.497 e. The van der Waals surface area contributed by atoms with E-state index in [1.165, 1.54) is 4.68 Å². The van der Waals surface area contributed by atoms with Crippen LogP contribution in [-0.4, -0.2) is 48.0 Å². The van der Waals surface area contributed by atoms with Gasteiger partial charge < -0.3 is 9.30 Å². The predicted octanol–water partition coefficient (Wildman–Crippen LogP) is 2.33. The molecule has 0 bridgehead atoms. The minimum absolute atomic E-state index is 0.173. The van der Waals surface area contributed by atoms with Gasteiger partial charge >= 0.3 is 0 Å². The molecule has 136 valence electrons. The van der Waals surface area contributed by atoms with E-state index in [1.807, 2.05) is 28.8 Å².